The first kappa shape index (κ1) is 18.3. The van der Waals surface area contributed by atoms with Crippen molar-refractivity contribution < 1.29 is 12.9 Å². The van der Waals surface area contributed by atoms with Crippen molar-refractivity contribution in [1.29, 1.82) is 0 Å². The molecule has 1 aliphatic heterocycles. The van der Waals surface area contributed by atoms with Crippen molar-refractivity contribution in [1.82, 2.24) is 19.8 Å². The average molecular weight is 345 g/mol. The summed E-state index contributed by atoms with van der Waals surface area (Å²) in [6, 6.07) is 0. The van der Waals surface area contributed by atoms with Crippen LogP contribution in [0.4, 0.5) is 0 Å². The van der Waals surface area contributed by atoms with E-state index in [1.165, 1.54) is 0 Å². The van der Waals surface area contributed by atoms with Crippen LogP contribution in [0.1, 0.15) is 44.8 Å². The molecule has 8 nitrogen and oxygen atoms in total. The maximum absolute atomic E-state index is 11.0. The molecule has 0 saturated carbocycles. The molecule has 2 rings (SSSR count). The Morgan fingerprint density at radius 2 is 2.26 bits per heavy atom. The van der Waals surface area contributed by atoms with Gasteiger partial charge in [-0.15, -0.1) is 0 Å². The van der Waals surface area contributed by atoms with Crippen LogP contribution >= 0.6 is 0 Å². The Hall–Kier alpha value is -1.03. The van der Waals surface area contributed by atoms with Gasteiger partial charge in [0.1, 0.15) is 0 Å². The van der Waals surface area contributed by atoms with Crippen molar-refractivity contribution in [2.45, 2.75) is 46.1 Å². The lowest BCUT2D eigenvalue weighted by Gasteiger charge is -2.31. The zero-order valence-electron chi connectivity index (χ0n) is 13.9. The average Bonchev–Trinajstić information content (AvgIpc) is 2.90. The molecule has 3 N–H and O–H groups in total. The van der Waals surface area contributed by atoms with Crippen LogP contribution in [0.25, 0.3) is 0 Å². The Bertz CT molecular complexity index is 587. The Labute approximate surface area is 138 Å². The summed E-state index contributed by atoms with van der Waals surface area (Å²) in [5.41, 5.74) is 0. The molecule has 1 saturated heterocycles. The normalized spacial score (nSPS) is 20.3. The van der Waals surface area contributed by atoms with Crippen molar-refractivity contribution in [3.05, 3.63) is 11.7 Å². The van der Waals surface area contributed by atoms with Gasteiger partial charge in [0.05, 0.1) is 6.54 Å². The first-order valence-corrected chi connectivity index (χ1v) is 9.67. The van der Waals surface area contributed by atoms with Crippen molar-refractivity contribution in [2.24, 2.45) is 17.0 Å². The SMILES string of the molecule is CC(C)CCc1noc(CN2CCC[C@H](CNS(N)(=O)=O)C2)n1. The van der Waals surface area contributed by atoms with E-state index in [1.54, 1.807) is 0 Å². The largest absolute Gasteiger partial charge is 0.338 e. The molecule has 1 aromatic heterocycles. The van der Waals surface area contributed by atoms with Gasteiger partial charge in [0, 0.05) is 19.5 Å². The quantitative estimate of drug-likeness (QED) is 0.715. The molecule has 0 unspecified atom stereocenters. The summed E-state index contributed by atoms with van der Waals surface area (Å²) in [6.45, 7) is 7.08. The van der Waals surface area contributed by atoms with Gasteiger partial charge in [-0.05, 0) is 37.6 Å². The van der Waals surface area contributed by atoms with Gasteiger partial charge >= 0.3 is 0 Å². The Balaban J connectivity index is 1.80. The standard InChI is InChI=1S/C14H27N5O3S/c1-11(2)5-6-13-17-14(22-18-13)10-19-7-3-4-12(9-19)8-16-23(15,20)21/h11-12,16H,3-10H2,1-2H3,(H2,15,20,21)/t12-/m1/s1. The number of aromatic nitrogens is 2. The second-order valence-electron chi connectivity index (χ2n) is 6.67. The predicted octanol–water partition coefficient (Wildman–Crippen LogP) is 0.663. The van der Waals surface area contributed by atoms with Crippen LogP contribution in [-0.4, -0.2) is 43.1 Å². The third-order valence-corrected chi connectivity index (χ3v) is 4.56. The fourth-order valence-electron chi connectivity index (χ4n) is 2.76. The summed E-state index contributed by atoms with van der Waals surface area (Å²) in [4.78, 5) is 6.66. The van der Waals surface area contributed by atoms with Gasteiger partial charge in [0.15, 0.2) is 5.82 Å². The maximum Gasteiger partial charge on any atom is 0.274 e. The zero-order chi connectivity index (χ0) is 16.9. The second-order valence-corrected chi connectivity index (χ2v) is 8.05. The van der Waals surface area contributed by atoms with Gasteiger partial charge in [-0.1, -0.05) is 19.0 Å². The molecule has 0 amide bonds. The summed E-state index contributed by atoms with van der Waals surface area (Å²) in [5.74, 6) is 2.26. The Morgan fingerprint density at radius 3 is 2.96 bits per heavy atom. The summed E-state index contributed by atoms with van der Waals surface area (Å²) < 4.78 is 29.7. The van der Waals surface area contributed by atoms with E-state index in [4.69, 9.17) is 9.66 Å². The number of likely N-dealkylation sites (tertiary alicyclic amines) is 1. The summed E-state index contributed by atoms with van der Waals surface area (Å²) in [5, 5.41) is 9.00. The van der Waals surface area contributed by atoms with Crippen LogP contribution in [0.5, 0.6) is 0 Å². The minimum Gasteiger partial charge on any atom is -0.338 e. The third-order valence-electron chi connectivity index (χ3n) is 3.99. The number of rotatable bonds is 8. The lowest BCUT2D eigenvalue weighted by Crippen LogP contribution is -2.42. The number of hydrogen-bond acceptors (Lipinski definition) is 6. The van der Waals surface area contributed by atoms with Crippen LogP contribution in [0.3, 0.4) is 0 Å². The van der Waals surface area contributed by atoms with Gasteiger partial charge in [0.25, 0.3) is 10.2 Å². The molecule has 0 aromatic carbocycles. The van der Waals surface area contributed by atoms with Gasteiger partial charge in [-0.2, -0.15) is 13.4 Å². The lowest BCUT2D eigenvalue weighted by atomic mass is 9.98. The second kappa shape index (κ2) is 8.18. The van der Waals surface area contributed by atoms with E-state index in [2.05, 4.69) is 33.6 Å². The van der Waals surface area contributed by atoms with E-state index >= 15 is 0 Å². The molecule has 2 heterocycles. The number of piperidine rings is 1. The van der Waals surface area contributed by atoms with Crippen LogP contribution in [0, 0.1) is 11.8 Å². The molecule has 0 radical (unpaired) electrons. The van der Waals surface area contributed by atoms with E-state index in [1.807, 2.05) is 0 Å². The fraction of sp³-hybridized carbons (Fsp3) is 0.857. The third kappa shape index (κ3) is 6.94. The van der Waals surface area contributed by atoms with Crippen molar-refractivity contribution in [2.75, 3.05) is 19.6 Å². The Kier molecular flexibility index (Phi) is 6.51. The van der Waals surface area contributed by atoms with Crippen LogP contribution in [0.2, 0.25) is 0 Å². The molecule has 0 spiro atoms. The molecular weight excluding hydrogens is 318 g/mol. The number of nitrogens with two attached hydrogens (primary N) is 1. The van der Waals surface area contributed by atoms with Gasteiger partial charge in [-0.3, -0.25) is 4.90 Å². The molecule has 1 atom stereocenters. The highest BCUT2D eigenvalue weighted by Crippen LogP contribution is 2.18. The highest BCUT2D eigenvalue weighted by atomic mass is 32.2. The maximum atomic E-state index is 11.0. The Morgan fingerprint density at radius 1 is 1.48 bits per heavy atom. The molecular formula is C14H27N5O3S. The van der Waals surface area contributed by atoms with Crippen LogP contribution in [0.15, 0.2) is 4.52 Å². The molecule has 132 valence electrons. The number of nitrogens with one attached hydrogen (secondary N) is 1. The minimum absolute atomic E-state index is 0.255. The summed E-state index contributed by atoms with van der Waals surface area (Å²) in [6.07, 6.45) is 3.89. The highest BCUT2D eigenvalue weighted by Gasteiger charge is 2.22. The smallest absolute Gasteiger partial charge is 0.274 e. The number of aryl methyl sites for hydroxylation is 1. The lowest BCUT2D eigenvalue weighted by molar-refractivity contribution is 0.151. The molecule has 0 aliphatic carbocycles. The van der Waals surface area contributed by atoms with Gasteiger partial charge < -0.3 is 4.52 Å². The molecule has 1 aromatic rings. The van der Waals surface area contributed by atoms with E-state index < -0.39 is 10.2 Å². The van der Waals surface area contributed by atoms with Crippen molar-refractivity contribution in [3.8, 4) is 0 Å². The van der Waals surface area contributed by atoms with E-state index in [0.29, 0.717) is 24.9 Å². The predicted molar refractivity (Wildman–Crippen MR) is 86.6 cm³/mol. The van der Waals surface area contributed by atoms with Crippen LogP contribution < -0.4 is 9.86 Å². The van der Waals surface area contributed by atoms with Gasteiger partial charge in [-0.25, -0.2) is 9.86 Å². The monoisotopic (exact) mass is 345 g/mol. The minimum atomic E-state index is -3.62. The number of hydrogen-bond donors (Lipinski definition) is 2. The number of nitrogens with zero attached hydrogens (tertiary/aromatic N) is 3. The molecule has 23 heavy (non-hydrogen) atoms. The van der Waals surface area contributed by atoms with E-state index in [-0.39, 0.29) is 5.92 Å². The van der Waals surface area contributed by atoms with Gasteiger partial charge in [0.2, 0.25) is 5.89 Å². The van der Waals surface area contributed by atoms with E-state index in [0.717, 1.165) is 44.6 Å². The highest BCUT2D eigenvalue weighted by molar-refractivity contribution is 7.87. The van der Waals surface area contributed by atoms with Crippen molar-refractivity contribution >= 4 is 10.2 Å². The van der Waals surface area contributed by atoms with E-state index in [9.17, 15) is 8.42 Å². The first-order valence-electron chi connectivity index (χ1n) is 8.13. The van der Waals surface area contributed by atoms with Crippen LogP contribution in [-0.2, 0) is 23.2 Å². The fourth-order valence-corrected chi connectivity index (χ4v) is 3.23. The molecule has 1 aliphatic rings. The topological polar surface area (TPSA) is 114 Å². The zero-order valence-corrected chi connectivity index (χ0v) is 14.7. The summed E-state index contributed by atoms with van der Waals surface area (Å²) >= 11 is 0. The first-order chi connectivity index (χ1) is 10.8. The molecule has 1 fully saturated rings. The summed E-state index contributed by atoms with van der Waals surface area (Å²) in [7, 11) is -3.62. The van der Waals surface area contributed by atoms with Crippen molar-refractivity contribution in [3.63, 3.8) is 0 Å². The molecule has 0 bridgehead atoms. The molecule has 9 heteroatoms.